The van der Waals surface area contributed by atoms with Gasteiger partial charge in [-0.1, -0.05) is 0 Å². The molecule has 0 aliphatic heterocycles. The Morgan fingerprint density at radius 3 is 2.49 bits per heavy atom. The van der Waals surface area contributed by atoms with Crippen LogP contribution in [0.3, 0.4) is 0 Å². The first-order chi connectivity index (χ1) is 16.3. The van der Waals surface area contributed by atoms with Gasteiger partial charge in [0.1, 0.15) is 22.0 Å². The maximum atomic E-state index is 14.4. The summed E-state index contributed by atoms with van der Waals surface area (Å²) in [5.74, 6) is -4.13. The molecule has 1 N–H and O–H groups in total. The smallest absolute Gasteiger partial charge is 0.302 e. The minimum Gasteiger partial charge on any atom is -0.302 e. The summed E-state index contributed by atoms with van der Waals surface area (Å²) in [4.78, 5) is 42.5. The van der Waals surface area contributed by atoms with Gasteiger partial charge in [0.15, 0.2) is 5.13 Å². The van der Waals surface area contributed by atoms with E-state index in [2.05, 4.69) is 10.3 Å². The van der Waals surface area contributed by atoms with E-state index in [1.54, 1.807) is 6.92 Å². The highest BCUT2D eigenvalue weighted by Crippen LogP contribution is 2.38. The van der Waals surface area contributed by atoms with Crippen molar-refractivity contribution in [3.8, 4) is 11.3 Å². The van der Waals surface area contributed by atoms with Crippen LogP contribution in [-0.4, -0.2) is 20.0 Å². The van der Waals surface area contributed by atoms with E-state index in [0.29, 0.717) is 21.3 Å². The summed E-state index contributed by atoms with van der Waals surface area (Å²) in [6.45, 7) is 1.70. The van der Waals surface area contributed by atoms with Gasteiger partial charge in [0.2, 0.25) is 5.91 Å². The number of amides is 1. The topological polar surface area (TPSA) is 86.0 Å². The first kappa shape index (κ1) is 24.7. The van der Waals surface area contributed by atoms with E-state index < -0.39 is 46.1 Å². The van der Waals surface area contributed by atoms with E-state index in [1.165, 1.54) is 35.4 Å². The van der Waals surface area contributed by atoms with Crippen LogP contribution in [0.15, 0.2) is 27.1 Å². The lowest BCUT2D eigenvalue weighted by molar-refractivity contribution is -0.142. The Morgan fingerprint density at radius 2 is 1.83 bits per heavy atom. The number of anilines is 1. The Hall–Kier alpha value is -3.39. The van der Waals surface area contributed by atoms with Crippen molar-refractivity contribution in [2.45, 2.75) is 19.5 Å². The molecule has 0 aliphatic rings. The minimum absolute atomic E-state index is 0.0280. The molecule has 184 valence electrons. The van der Waals surface area contributed by atoms with Crippen LogP contribution in [0, 0.1) is 18.6 Å². The zero-order chi connectivity index (χ0) is 25.8. The van der Waals surface area contributed by atoms with Gasteiger partial charge in [0.05, 0.1) is 17.5 Å². The highest BCUT2D eigenvalue weighted by molar-refractivity contribution is 7.18. The number of aromatic nitrogens is 3. The molecule has 0 fully saturated rings. The van der Waals surface area contributed by atoms with Gasteiger partial charge in [0.25, 0.3) is 5.56 Å². The molecule has 0 atom stereocenters. The number of thiophene rings is 1. The summed E-state index contributed by atoms with van der Waals surface area (Å²) in [6.07, 6.45) is -5.48. The SMILES string of the molecule is Cc1sc2c(c1CC(=O)Nc1nc(-c3ccc(F)c(C(F)(F)F)c3F)cs1)c(=O)n(C)c(=O)n2C. The molecule has 0 saturated heterocycles. The number of aryl methyl sites for hydroxylation is 2. The number of hydrogen-bond acceptors (Lipinski definition) is 6. The number of carbonyl (C=O) groups is 1. The molecule has 4 rings (SSSR count). The van der Waals surface area contributed by atoms with Crippen molar-refractivity contribution in [3.05, 3.63) is 66.0 Å². The number of carbonyl (C=O) groups excluding carboxylic acids is 1. The highest BCUT2D eigenvalue weighted by atomic mass is 32.1. The molecule has 3 heterocycles. The molecule has 7 nitrogen and oxygen atoms in total. The number of hydrogen-bond donors (Lipinski definition) is 1. The molecule has 14 heteroatoms. The Balaban J connectivity index is 1.63. The molecule has 3 aromatic heterocycles. The first-order valence-corrected chi connectivity index (χ1v) is 11.5. The second-order valence-electron chi connectivity index (χ2n) is 7.57. The number of thiazole rings is 1. The third-order valence-corrected chi connectivity index (χ3v) is 7.31. The first-order valence-electron chi connectivity index (χ1n) is 9.80. The number of halogens is 5. The third-order valence-electron chi connectivity index (χ3n) is 5.33. The van der Waals surface area contributed by atoms with Crippen molar-refractivity contribution in [3.63, 3.8) is 0 Å². The van der Waals surface area contributed by atoms with Crippen molar-refractivity contribution in [2.24, 2.45) is 14.1 Å². The van der Waals surface area contributed by atoms with Crippen LogP contribution >= 0.6 is 22.7 Å². The van der Waals surface area contributed by atoms with Crippen LogP contribution in [0.2, 0.25) is 0 Å². The predicted molar refractivity (Wildman–Crippen MR) is 122 cm³/mol. The number of alkyl halides is 3. The lowest BCUT2D eigenvalue weighted by Crippen LogP contribution is -2.36. The summed E-state index contributed by atoms with van der Waals surface area (Å²) < 4.78 is 69.3. The monoisotopic (exact) mass is 530 g/mol. The molecule has 0 unspecified atom stereocenters. The second kappa shape index (κ2) is 8.68. The van der Waals surface area contributed by atoms with Gasteiger partial charge in [-0.15, -0.1) is 22.7 Å². The number of benzene rings is 1. The normalized spacial score (nSPS) is 11.9. The van der Waals surface area contributed by atoms with E-state index in [4.69, 9.17) is 0 Å². The predicted octanol–water partition coefficient (Wildman–Crippen LogP) is 4.21. The van der Waals surface area contributed by atoms with Gasteiger partial charge in [-0.3, -0.25) is 18.7 Å². The van der Waals surface area contributed by atoms with Crippen molar-refractivity contribution >= 4 is 43.9 Å². The third kappa shape index (κ3) is 4.27. The Kier molecular flexibility index (Phi) is 6.13. The maximum Gasteiger partial charge on any atom is 0.422 e. The van der Waals surface area contributed by atoms with Crippen molar-refractivity contribution in [1.29, 1.82) is 0 Å². The summed E-state index contributed by atoms with van der Waals surface area (Å²) in [7, 11) is 2.84. The molecule has 0 bridgehead atoms. The second-order valence-corrected chi connectivity index (χ2v) is 9.63. The van der Waals surface area contributed by atoms with Crippen LogP contribution in [0.25, 0.3) is 21.5 Å². The molecule has 4 aromatic rings. The van der Waals surface area contributed by atoms with E-state index >= 15 is 0 Å². The number of rotatable bonds is 4. The summed E-state index contributed by atoms with van der Waals surface area (Å²) in [5, 5.41) is 3.91. The fourth-order valence-electron chi connectivity index (χ4n) is 3.59. The largest absolute Gasteiger partial charge is 0.422 e. The molecule has 1 amide bonds. The van der Waals surface area contributed by atoms with E-state index in [-0.39, 0.29) is 22.6 Å². The van der Waals surface area contributed by atoms with Gasteiger partial charge in [-0.25, -0.2) is 18.6 Å². The Labute approximate surface area is 201 Å². The maximum absolute atomic E-state index is 14.4. The Morgan fingerprint density at radius 1 is 1.14 bits per heavy atom. The fourth-order valence-corrected chi connectivity index (χ4v) is 5.43. The molecular weight excluding hydrogens is 515 g/mol. The van der Waals surface area contributed by atoms with E-state index in [1.807, 2.05) is 0 Å². The summed E-state index contributed by atoms with van der Waals surface area (Å²) in [6, 6.07) is 1.33. The van der Waals surface area contributed by atoms with Crippen molar-refractivity contribution < 1.29 is 26.7 Å². The van der Waals surface area contributed by atoms with E-state index in [0.717, 1.165) is 22.0 Å². The van der Waals surface area contributed by atoms with Crippen molar-refractivity contribution in [2.75, 3.05) is 5.32 Å². The van der Waals surface area contributed by atoms with Crippen LogP contribution in [-0.2, 0) is 31.5 Å². The minimum atomic E-state index is -5.24. The van der Waals surface area contributed by atoms with Gasteiger partial charge in [0, 0.05) is 29.9 Å². The molecule has 0 saturated carbocycles. The van der Waals surface area contributed by atoms with Crippen molar-refractivity contribution in [1.82, 2.24) is 14.1 Å². The lowest BCUT2D eigenvalue weighted by Gasteiger charge is -2.11. The number of fused-ring (bicyclic) bond motifs is 1. The Bertz CT molecular complexity index is 1610. The average Bonchev–Trinajstić information content (AvgIpc) is 3.34. The quantitative estimate of drug-likeness (QED) is 0.401. The summed E-state index contributed by atoms with van der Waals surface area (Å²) in [5.41, 5.74) is -3.43. The van der Waals surface area contributed by atoms with Crippen LogP contribution in [0.1, 0.15) is 16.0 Å². The standard InChI is InChI=1S/C21H15F5N4O3S2/c1-8-10(14-17(32)29(2)20(33)30(3)18(14)35-8)6-13(31)28-19-27-12(7-34-19)9-4-5-11(22)15(16(9)23)21(24,25)26/h4-5,7H,6H2,1-3H3,(H,27,28,31). The summed E-state index contributed by atoms with van der Waals surface area (Å²) >= 11 is 2.03. The lowest BCUT2D eigenvalue weighted by atomic mass is 10.1. The molecule has 1 aromatic carbocycles. The van der Waals surface area contributed by atoms with Gasteiger partial charge in [-0.2, -0.15) is 13.2 Å². The van der Waals surface area contributed by atoms with Gasteiger partial charge in [-0.05, 0) is 24.6 Å². The van der Waals surface area contributed by atoms with E-state index in [9.17, 15) is 36.3 Å². The molecule has 0 spiro atoms. The molecule has 0 radical (unpaired) electrons. The number of nitrogens with zero attached hydrogens (tertiary/aromatic N) is 3. The molecular formula is C21H15F5N4O3S2. The highest BCUT2D eigenvalue weighted by Gasteiger charge is 2.39. The van der Waals surface area contributed by atoms with Gasteiger partial charge < -0.3 is 5.32 Å². The van der Waals surface area contributed by atoms with Crippen LogP contribution < -0.4 is 16.6 Å². The van der Waals surface area contributed by atoms with Crippen LogP contribution in [0.4, 0.5) is 27.1 Å². The zero-order valence-corrected chi connectivity index (χ0v) is 19.8. The average molecular weight is 531 g/mol. The van der Waals surface area contributed by atoms with Gasteiger partial charge >= 0.3 is 11.9 Å². The number of nitrogens with one attached hydrogen (secondary N) is 1. The molecule has 0 aliphatic carbocycles. The molecule has 35 heavy (non-hydrogen) atoms. The van der Waals surface area contributed by atoms with Crippen LogP contribution in [0.5, 0.6) is 0 Å². The fraction of sp³-hybridized carbons (Fsp3) is 0.238. The zero-order valence-electron chi connectivity index (χ0n) is 18.2.